The summed E-state index contributed by atoms with van der Waals surface area (Å²) >= 11 is 0. The topological polar surface area (TPSA) is 178 Å². The summed E-state index contributed by atoms with van der Waals surface area (Å²) < 4.78 is 69.5. The molecule has 1 unspecified atom stereocenters. The van der Waals surface area contributed by atoms with Crippen LogP contribution >= 0.6 is 0 Å². The molecule has 0 radical (unpaired) electrons. The molecule has 1 atom stereocenters. The highest BCUT2D eigenvalue weighted by Crippen LogP contribution is 2.28. The van der Waals surface area contributed by atoms with Crippen molar-refractivity contribution >= 4 is 34.7 Å². The number of fused-ring (bicyclic) bond motifs is 1. The van der Waals surface area contributed by atoms with Gasteiger partial charge in [-0.25, -0.2) is 15.1 Å². The first-order chi connectivity index (χ1) is 25.6. The van der Waals surface area contributed by atoms with E-state index in [0.29, 0.717) is 30.9 Å². The van der Waals surface area contributed by atoms with Crippen molar-refractivity contribution in [2.75, 3.05) is 13.1 Å². The quantitative estimate of drug-likeness (QED) is 0.0738. The van der Waals surface area contributed by atoms with Gasteiger partial charge in [0.15, 0.2) is 0 Å². The minimum Gasteiger partial charge on any atom is -0.489 e. The van der Waals surface area contributed by atoms with E-state index in [9.17, 15) is 41.1 Å². The number of ether oxygens (including phenoxy) is 1. The van der Waals surface area contributed by atoms with E-state index in [4.69, 9.17) is 24.5 Å². The molecular weight excluding hydrogens is 742 g/mol. The normalized spacial score (nSPS) is 15.5. The Balaban J connectivity index is 0.000000494. The average Bonchev–Trinajstić information content (AvgIpc) is 3.47. The van der Waals surface area contributed by atoms with Crippen LogP contribution in [0.4, 0.5) is 26.3 Å². The zero-order chi connectivity index (χ0) is 41.1. The number of benzene rings is 3. The van der Waals surface area contributed by atoms with E-state index in [0.717, 1.165) is 35.2 Å². The zero-order valence-corrected chi connectivity index (χ0v) is 29.7. The van der Waals surface area contributed by atoms with Crippen LogP contribution in [0.25, 0.3) is 10.9 Å². The molecule has 1 aromatic heterocycles. The number of nitrogens with one attached hydrogen (secondary N) is 2. The van der Waals surface area contributed by atoms with Gasteiger partial charge in [-0.1, -0.05) is 47.5 Å². The first-order valence-electron chi connectivity index (χ1n) is 16.3. The molecule has 1 saturated heterocycles. The minimum atomic E-state index is -5.08. The van der Waals surface area contributed by atoms with Gasteiger partial charge in [-0.05, 0) is 69.2 Å². The number of carboxylic acids is 2. The Kier molecular flexibility index (Phi) is 14.7. The van der Waals surface area contributed by atoms with E-state index in [-0.39, 0.29) is 12.3 Å². The van der Waals surface area contributed by atoms with Gasteiger partial charge in [0.2, 0.25) is 5.91 Å². The van der Waals surface area contributed by atoms with E-state index >= 15 is 0 Å². The highest BCUT2D eigenvalue weighted by atomic mass is 19.4. The van der Waals surface area contributed by atoms with Crippen molar-refractivity contribution < 1.29 is 65.7 Å². The number of para-hydroxylation sites is 1. The molecular formula is C37H38F6N4O8. The van der Waals surface area contributed by atoms with Gasteiger partial charge in [-0.2, -0.15) is 26.3 Å². The number of alkyl halides is 6. The first kappa shape index (κ1) is 43.7. The van der Waals surface area contributed by atoms with Crippen molar-refractivity contribution in [1.29, 1.82) is 0 Å². The molecule has 1 aliphatic heterocycles. The number of carboxylic acid groups (broad SMARTS) is 2. The Morgan fingerprint density at radius 3 is 1.96 bits per heavy atom. The number of nitrogens with zero attached hydrogens (tertiary/aromatic N) is 2. The molecule has 0 aliphatic carbocycles. The molecule has 0 saturated carbocycles. The number of hydrogen-bond donors (Lipinski definition) is 5. The standard InChI is InChI=1S/C33H36N4O4.2C2HF3O2/c1-22-14-23(2)16-25(15-22)19-37-13-12-33(21-37,18-31(38)36-40)35-32(39)26-8-10-28(11-9-26)41-20-27-17-24(3)34-30-7-5-4-6-29(27)30;2*3-2(4,5)1(6)7/h4-11,14-17,40H,12-13,18-21H2,1-3H3,(H,35,39)(H,36,38);2*(H,6,7). The average molecular weight is 781 g/mol. The summed E-state index contributed by atoms with van der Waals surface area (Å²) in [5.74, 6) is -5.66. The Morgan fingerprint density at radius 2 is 1.42 bits per heavy atom. The van der Waals surface area contributed by atoms with Crippen LogP contribution in [0, 0.1) is 20.8 Å². The second-order valence-corrected chi connectivity index (χ2v) is 12.8. The molecule has 55 heavy (non-hydrogen) atoms. The summed E-state index contributed by atoms with van der Waals surface area (Å²) in [4.78, 5) is 50.2. The number of aromatic nitrogens is 1. The summed E-state index contributed by atoms with van der Waals surface area (Å²) in [7, 11) is 0. The second kappa shape index (κ2) is 18.5. The first-order valence-corrected chi connectivity index (χ1v) is 16.3. The predicted molar refractivity (Wildman–Crippen MR) is 185 cm³/mol. The molecule has 5 rings (SSSR count). The van der Waals surface area contributed by atoms with Gasteiger partial charge >= 0.3 is 24.3 Å². The second-order valence-electron chi connectivity index (χ2n) is 12.8. The van der Waals surface area contributed by atoms with Crippen molar-refractivity contribution in [2.45, 2.75) is 64.7 Å². The van der Waals surface area contributed by atoms with Crippen molar-refractivity contribution in [2.24, 2.45) is 0 Å². The fourth-order valence-corrected chi connectivity index (χ4v) is 5.84. The number of hydrogen-bond acceptors (Lipinski definition) is 8. The number of halogens is 6. The molecule has 1 aliphatic rings. The van der Waals surface area contributed by atoms with Gasteiger partial charge in [0.05, 0.1) is 17.5 Å². The number of carbonyl (C=O) groups is 4. The van der Waals surface area contributed by atoms with Crippen molar-refractivity contribution in [3.8, 4) is 5.75 Å². The smallest absolute Gasteiger partial charge is 0.489 e. The molecule has 5 N–H and O–H groups in total. The molecule has 1 fully saturated rings. The number of rotatable bonds is 9. The number of amides is 2. The van der Waals surface area contributed by atoms with Crippen LogP contribution < -0.4 is 15.5 Å². The lowest BCUT2D eigenvalue weighted by atomic mass is 9.93. The third kappa shape index (κ3) is 13.6. The molecule has 12 nitrogen and oxygen atoms in total. The predicted octanol–water partition coefficient (Wildman–Crippen LogP) is 6.28. The van der Waals surface area contributed by atoms with Gasteiger partial charge in [0.25, 0.3) is 5.91 Å². The van der Waals surface area contributed by atoms with Crippen molar-refractivity contribution in [3.05, 3.63) is 106 Å². The van der Waals surface area contributed by atoms with Crippen LogP contribution in [0.15, 0.2) is 72.8 Å². The molecule has 18 heteroatoms. The summed E-state index contributed by atoms with van der Waals surface area (Å²) in [6.45, 7) is 8.45. The van der Waals surface area contributed by atoms with Crippen LogP contribution in [0.3, 0.4) is 0 Å². The molecule has 2 heterocycles. The maximum atomic E-state index is 13.3. The lowest BCUT2D eigenvalue weighted by Crippen LogP contribution is -2.52. The molecule has 4 aromatic rings. The minimum absolute atomic E-state index is 0.0148. The van der Waals surface area contributed by atoms with E-state index < -0.39 is 35.7 Å². The van der Waals surface area contributed by atoms with Gasteiger partial charge < -0.3 is 20.3 Å². The van der Waals surface area contributed by atoms with Crippen molar-refractivity contribution in [3.63, 3.8) is 0 Å². The Labute approximate surface area is 310 Å². The fourth-order valence-electron chi connectivity index (χ4n) is 5.84. The van der Waals surface area contributed by atoms with Gasteiger partial charge in [-0.3, -0.25) is 24.7 Å². The molecule has 0 bridgehead atoms. The van der Waals surface area contributed by atoms with Crippen LogP contribution in [-0.2, 0) is 27.5 Å². The largest absolute Gasteiger partial charge is 0.490 e. The maximum absolute atomic E-state index is 13.3. The van der Waals surface area contributed by atoms with Crippen molar-refractivity contribution in [1.82, 2.24) is 20.7 Å². The number of aryl methyl sites for hydroxylation is 3. The Morgan fingerprint density at radius 1 is 0.855 bits per heavy atom. The molecule has 296 valence electrons. The summed E-state index contributed by atoms with van der Waals surface area (Å²) in [6.07, 6.45) is -9.59. The third-order valence-electron chi connectivity index (χ3n) is 8.05. The number of aliphatic carboxylic acids is 2. The highest BCUT2D eigenvalue weighted by Gasteiger charge is 2.41. The highest BCUT2D eigenvalue weighted by molar-refractivity contribution is 5.95. The number of carbonyl (C=O) groups excluding carboxylic acids is 2. The third-order valence-corrected chi connectivity index (χ3v) is 8.05. The van der Waals surface area contributed by atoms with E-state index in [2.05, 4.69) is 47.2 Å². The lowest BCUT2D eigenvalue weighted by Gasteiger charge is -2.30. The monoisotopic (exact) mass is 780 g/mol. The SMILES string of the molecule is Cc1cc(C)cc(CN2CCC(CC(=O)NO)(NC(=O)c3ccc(OCc4cc(C)nc5ccccc45)cc3)C2)c1.O=C(O)C(F)(F)F.O=C(O)C(F)(F)F. The van der Waals surface area contributed by atoms with E-state index in [1.54, 1.807) is 29.7 Å². The Bertz CT molecular complexity index is 1950. The van der Waals surface area contributed by atoms with Gasteiger partial charge in [0.1, 0.15) is 12.4 Å². The molecule has 0 spiro atoms. The maximum Gasteiger partial charge on any atom is 0.490 e. The molecule has 2 amide bonds. The van der Waals surface area contributed by atoms with Crippen LogP contribution in [0.1, 0.15) is 51.1 Å². The number of hydroxylamine groups is 1. The van der Waals surface area contributed by atoms with Crippen LogP contribution in [0.2, 0.25) is 0 Å². The summed E-state index contributed by atoms with van der Waals surface area (Å²) in [5, 5.41) is 27.6. The lowest BCUT2D eigenvalue weighted by molar-refractivity contribution is -0.193. The fraction of sp³-hybridized carbons (Fsp3) is 0.324. The Hall–Kier alpha value is -5.75. The number of pyridine rings is 1. The van der Waals surface area contributed by atoms with Gasteiger partial charge in [0, 0.05) is 41.8 Å². The number of likely N-dealkylation sites (tertiary alicyclic amines) is 1. The zero-order valence-electron chi connectivity index (χ0n) is 29.7. The summed E-state index contributed by atoms with van der Waals surface area (Å²) in [5.41, 5.74) is 7.92. The van der Waals surface area contributed by atoms with Crippen LogP contribution in [0.5, 0.6) is 5.75 Å². The van der Waals surface area contributed by atoms with E-state index in [1.165, 1.54) is 16.7 Å². The van der Waals surface area contributed by atoms with Crippen LogP contribution in [-0.4, -0.2) is 80.0 Å². The van der Waals surface area contributed by atoms with E-state index in [1.807, 2.05) is 37.3 Å². The van der Waals surface area contributed by atoms with Gasteiger partial charge in [-0.15, -0.1) is 0 Å². The molecule has 3 aromatic carbocycles. The summed E-state index contributed by atoms with van der Waals surface area (Å²) in [6, 6.07) is 23.5.